The van der Waals surface area contributed by atoms with Gasteiger partial charge in [-0.3, -0.25) is 4.79 Å². The zero-order valence-corrected chi connectivity index (χ0v) is 13.1. The fourth-order valence-electron chi connectivity index (χ4n) is 2.56. The van der Waals surface area contributed by atoms with Crippen LogP contribution in [0.2, 0.25) is 0 Å². The first-order valence-corrected chi connectivity index (χ1v) is 7.38. The Labute approximate surface area is 129 Å². The van der Waals surface area contributed by atoms with Gasteiger partial charge >= 0.3 is 11.9 Å². The molecule has 0 aliphatic rings. The molecule has 1 aromatic carbocycles. The predicted octanol–water partition coefficient (Wildman–Crippen LogP) is 3.45. The van der Waals surface area contributed by atoms with Gasteiger partial charge in [0.25, 0.3) is 0 Å². The Bertz CT molecular complexity index is 700. The second-order valence-electron chi connectivity index (χ2n) is 5.76. The highest BCUT2D eigenvalue weighted by atomic mass is 16.5. The van der Waals surface area contributed by atoms with Crippen molar-refractivity contribution in [1.29, 1.82) is 0 Å². The molecule has 0 radical (unpaired) electrons. The standard InChI is InChI=1S/C17H21NO4/c1-11(2)8-9-18-14-7-5-4-6-13(14)16(17(20)21)15(18)10-22-12(3)19/h4-7,11H,8-10H2,1-3H3,(H,20,21). The fourth-order valence-corrected chi connectivity index (χ4v) is 2.56. The topological polar surface area (TPSA) is 68.5 Å². The van der Waals surface area contributed by atoms with Crippen molar-refractivity contribution in [3.63, 3.8) is 0 Å². The molecular weight excluding hydrogens is 282 g/mol. The van der Waals surface area contributed by atoms with E-state index in [1.165, 1.54) is 6.92 Å². The molecule has 1 aromatic heterocycles. The molecule has 0 aliphatic carbocycles. The first-order valence-electron chi connectivity index (χ1n) is 7.38. The van der Waals surface area contributed by atoms with E-state index in [1.54, 1.807) is 6.07 Å². The summed E-state index contributed by atoms with van der Waals surface area (Å²) >= 11 is 0. The van der Waals surface area contributed by atoms with Gasteiger partial charge in [0.05, 0.1) is 11.3 Å². The van der Waals surface area contributed by atoms with Crippen LogP contribution in [-0.2, 0) is 22.7 Å². The number of carboxylic acid groups (broad SMARTS) is 1. The third kappa shape index (κ3) is 3.30. The van der Waals surface area contributed by atoms with Crippen LogP contribution in [-0.4, -0.2) is 21.6 Å². The Balaban J connectivity index is 2.58. The Morgan fingerprint density at radius 3 is 2.55 bits per heavy atom. The van der Waals surface area contributed by atoms with Crippen molar-refractivity contribution in [2.45, 2.75) is 40.3 Å². The van der Waals surface area contributed by atoms with Gasteiger partial charge in [-0.05, 0) is 18.4 Å². The molecule has 0 spiro atoms. The molecule has 1 N–H and O–H groups in total. The molecule has 2 aromatic rings. The van der Waals surface area contributed by atoms with Gasteiger partial charge in [0.15, 0.2) is 0 Å². The number of benzene rings is 1. The van der Waals surface area contributed by atoms with E-state index in [2.05, 4.69) is 13.8 Å². The van der Waals surface area contributed by atoms with Crippen molar-refractivity contribution in [2.24, 2.45) is 5.92 Å². The summed E-state index contributed by atoms with van der Waals surface area (Å²) in [5, 5.41) is 10.2. The maximum Gasteiger partial charge on any atom is 0.338 e. The summed E-state index contributed by atoms with van der Waals surface area (Å²) in [7, 11) is 0. The molecule has 1 heterocycles. The molecule has 22 heavy (non-hydrogen) atoms. The summed E-state index contributed by atoms with van der Waals surface area (Å²) in [5.74, 6) is -0.922. The molecule has 0 bridgehead atoms. The number of rotatable bonds is 6. The summed E-state index contributed by atoms with van der Waals surface area (Å²) in [5.41, 5.74) is 1.63. The lowest BCUT2D eigenvalue weighted by Gasteiger charge is -2.13. The van der Waals surface area contributed by atoms with Gasteiger partial charge < -0.3 is 14.4 Å². The average Bonchev–Trinajstić information content (AvgIpc) is 2.76. The highest BCUT2D eigenvalue weighted by molar-refractivity contribution is 6.05. The monoisotopic (exact) mass is 303 g/mol. The predicted molar refractivity (Wildman–Crippen MR) is 83.8 cm³/mol. The minimum Gasteiger partial charge on any atom is -0.478 e. The molecule has 0 unspecified atom stereocenters. The van der Waals surface area contributed by atoms with E-state index in [0.717, 1.165) is 11.9 Å². The van der Waals surface area contributed by atoms with Gasteiger partial charge in [-0.2, -0.15) is 0 Å². The normalized spacial score (nSPS) is 11.1. The number of para-hydroxylation sites is 1. The number of ether oxygens (including phenoxy) is 1. The van der Waals surface area contributed by atoms with Crippen LogP contribution in [0.25, 0.3) is 10.9 Å². The number of fused-ring (bicyclic) bond motifs is 1. The highest BCUT2D eigenvalue weighted by Crippen LogP contribution is 2.28. The van der Waals surface area contributed by atoms with Crippen LogP contribution in [0, 0.1) is 5.92 Å². The van der Waals surface area contributed by atoms with Gasteiger partial charge in [-0.1, -0.05) is 32.0 Å². The van der Waals surface area contributed by atoms with Gasteiger partial charge in [-0.25, -0.2) is 4.79 Å². The Kier molecular flexibility index (Phi) is 4.85. The lowest BCUT2D eigenvalue weighted by Crippen LogP contribution is -2.11. The minimum atomic E-state index is -0.998. The molecule has 5 heteroatoms. The second kappa shape index (κ2) is 6.64. The molecule has 0 amide bonds. The smallest absolute Gasteiger partial charge is 0.338 e. The number of carbonyl (C=O) groups excluding carboxylic acids is 1. The van der Waals surface area contributed by atoms with E-state index in [-0.39, 0.29) is 12.2 Å². The number of aromatic carboxylic acids is 1. The average molecular weight is 303 g/mol. The van der Waals surface area contributed by atoms with Crippen LogP contribution in [0.5, 0.6) is 0 Å². The number of aromatic nitrogens is 1. The number of hydrogen-bond acceptors (Lipinski definition) is 3. The largest absolute Gasteiger partial charge is 0.478 e. The highest BCUT2D eigenvalue weighted by Gasteiger charge is 2.22. The maximum absolute atomic E-state index is 11.7. The fraction of sp³-hybridized carbons (Fsp3) is 0.412. The molecule has 2 rings (SSSR count). The van der Waals surface area contributed by atoms with Crippen LogP contribution in [0.3, 0.4) is 0 Å². The van der Waals surface area contributed by atoms with Crippen molar-refractivity contribution < 1.29 is 19.4 Å². The quantitative estimate of drug-likeness (QED) is 0.830. The van der Waals surface area contributed by atoms with E-state index in [0.29, 0.717) is 23.5 Å². The van der Waals surface area contributed by atoms with Crippen LogP contribution in [0.4, 0.5) is 0 Å². The Hall–Kier alpha value is -2.30. The number of carboxylic acids is 1. The summed E-state index contributed by atoms with van der Waals surface area (Å²) in [6.07, 6.45) is 0.921. The van der Waals surface area contributed by atoms with Gasteiger partial charge in [0.2, 0.25) is 0 Å². The molecule has 118 valence electrons. The van der Waals surface area contributed by atoms with Crippen LogP contribution in [0.15, 0.2) is 24.3 Å². The van der Waals surface area contributed by atoms with E-state index >= 15 is 0 Å². The molecule has 0 atom stereocenters. The number of aryl methyl sites for hydroxylation is 1. The van der Waals surface area contributed by atoms with Crippen LogP contribution < -0.4 is 0 Å². The van der Waals surface area contributed by atoms with E-state index < -0.39 is 11.9 Å². The first-order chi connectivity index (χ1) is 10.4. The van der Waals surface area contributed by atoms with E-state index in [4.69, 9.17) is 4.74 Å². The first kappa shape index (κ1) is 16.1. The summed E-state index contributed by atoms with van der Waals surface area (Å²) in [6, 6.07) is 7.40. The SMILES string of the molecule is CC(=O)OCc1c(C(=O)O)c2ccccc2n1CCC(C)C. The maximum atomic E-state index is 11.7. The van der Waals surface area contributed by atoms with Crippen molar-refractivity contribution in [3.05, 3.63) is 35.5 Å². The molecular formula is C17H21NO4. The number of carbonyl (C=O) groups is 2. The van der Waals surface area contributed by atoms with Crippen molar-refractivity contribution >= 4 is 22.8 Å². The third-order valence-corrected chi connectivity index (χ3v) is 3.63. The van der Waals surface area contributed by atoms with Crippen molar-refractivity contribution in [1.82, 2.24) is 4.57 Å². The Morgan fingerprint density at radius 1 is 1.27 bits per heavy atom. The van der Waals surface area contributed by atoms with Gasteiger partial charge in [0.1, 0.15) is 6.61 Å². The Morgan fingerprint density at radius 2 is 1.95 bits per heavy atom. The minimum absolute atomic E-state index is 0.0241. The third-order valence-electron chi connectivity index (χ3n) is 3.63. The van der Waals surface area contributed by atoms with Crippen molar-refractivity contribution in [3.8, 4) is 0 Å². The van der Waals surface area contributed by atoms with E-state index in [9.17, 15) is 14.7 Å². The zero-order chi connectivity index (χ0) is 16.3. The molecule has 0 aliphatic heterocycles. The lowest BCUT2D eigenvalue weighted by molar-refractivity contribution is -0.142. The van der Waals surface area contributed by atoms with Gasteiger partial charge in [-0.15, -0.1) is 0 Å². The second-order valence-corrected chi connectivity index (χ2v) is 5.76. The zero-order valence-electron chi connectivity index (χ0n) is 13.1. The molecule has 0 saturated carbocycles. The molecule has 0 saturated heterocycles. The molecule has 5 nitrogen and oxygen atoms in total. The molecule has 0 fully saturated rings. The van der Waals surface area contributed by atoms with Crippen molar-refractivity contribution in [2.75, 3.05) is 0 Å². The van der Waals surface area contributed by atoms with E-state index in [1.807, 2.05) is 22.8 Å². The van der Waals surface area contributed by atoms with Gasteiger partial charge in [0, 0.05) is 24.4 Å². The van der Waals surface area contributed by atoms with Crippen LogP contribution >= 0.6 is 0 Å². The number of nitrogens with zero attached hydrogens (tertiary/aromatic N) is 1. The summed E-state index contributed by atoms with van der Waals surface area (Å²) in [4.78, 5) is 22.8. The number of esters is 1. The van der Waals surface area contributed by atoms with Crippen LogP contribution in [0.1, 0.15) is 43.2 Å². The summed E-state index contributed by atoms with van der Waals surface area (Å²) < 4.78 is 7.03. The number of hydrogen-bond donors (Lipinski definition) is 1. The lowest BCUT2D eigenvalue weighted by atomic mass is 10.1. The summed E-state index contributed by atoms with van der Waals surface area (Å²) in [6.45, 7) is 6.23.